The summed E-state index contributed by atoms with van der Waals surface area (Å²) in [5.74, 6) is 0. The highest BCUT2D eigenvalue weighted by Crippen LogP contribution is 2.22. The van der Waals surface area contributed by atoms with Crippen molar-refractivity contribution in [2.24, 2.45) is 5.73 Å². The molecule has 1 heterocycles. The van der Waals surface area contributed by atoms with Crippen molar-refractivity contribution >= 4 is 16.3 Å². The fourth-order valence-electron chi connectivity index (χ4n) is 1.05. The van der Waals surface area contributed by atoms with Crippen LogP contribution in [0.4, 0.5) is 5.00 Å². The van der Waals surface area contributed by atoms with Gasteiger partial charge in [-0.25, -0.2) is 4.98 Å². The lowest BCUT2D eigenvalue weighted by Gasteiger charge is -1.91. The minimum Gasteiger partial charge on any atom is -0.389 e. The molecule has 0 aliphatic carbocycles. The molecule has 1 aromatic rings. The van der Waals surface area contributed by atoms with Gasteiger partial charge in [-0.1, -0.05) is 6.92 Å². The summed E-state index contributed by atoms with van der Waals surface area (Å²) in [6.07, 6.45) is 2.94. The molecular formula is C8H15N3S. The second-order valence-corrected chi connectivity index (χ2v) is 3.82. The Bertz CT molecular complexity index is 244. The standard InChI is InChI=1S/C8H15N3S/c1-2-3-7-11-6(4-5-9)8(10)12-7/h2-5,9-10H2,1H3. The Balaban J connectivity index is 2.70. The molecule has 68 valence electrons. The first-order valence-corrected chi connectivity index (χ1v) is 5.03. The van der Waals surface area contributed by atoms with Crippen LogP contribution in [0.5, 0.6) is 0 Å². The predicted molar refractivity (Wildman–Crippen MR) is 53.3 cm³/mol. The third-order valence-electron chi connectivity index (χ3n) is 1.62. The van der Waals surface area contributed by atoms with E-state index >= 15 is 0 Å². The van der Waals surface area contributed by atoms with E-state index in [-0.39, 0.29) is 0 Å². The summed E-state index contributed by atoms with van der Waals surface area (Å²) >= 11 is 1.59. The quantitative estimate of drug-likeness (QED) is 0.740. The highest BCUT2D eigenvalue weighted by molar-refractivity contribution is 7.15. The smallest absolute Gasteiger partial charge is 0.109 e. The summed E-state index contributed by atoms with van der Waals surface area (Å²) in [6, 6.07) is 0. The highest BCUT2D eigenvalue weighted by Gasteiger charge is 2.05. The average Bonchev–Trinajstić information content (AvgIpc) is 2.34. The van der Waals surface area contributed by atoms with Gasteiger partial charge in [0, 0.05) is 6.42 Å². The SMILES string of the molecule is CCCc1nc(CCN)c(N)s1. The van der Waals surface area contributed by atoms with Gasteiger partial charge in [0.15, 0.2) is 0 Å². The van der Waals surface area contributed by atoms with Crippen LogP contribution in [0, 0.1) is 0 Å². The van der Waals surface area contributed by atoms with Crippen molar-refractivity contribution in [3.8, 4) is 0 Å². The number of anilines is 1. The molecule has 0 fully saturated rings. The van der Waals surface area contributed by atoms with Crippen LogP contribution >= 0.6 is 11.3 Å². The summed E-state index contributed by atoms with van der Waals surface area (Å²) in [6.45, 7) is 2.76. The van der Waals surface area contributed by atoms with E-state index in [4.69, 9.17) is 11.5 Å². The van der Waals surface area contributed by atoms with Gasteiger partial charge in [0.25, 0.3) is 0 Å². The molecule has 0 saturated heterocycles. The van der Waals surface area contributed by atoms with Gasteiger partial charge in [-0.2, -0.15) is 0 Å². The Morgan fingerprint density at radius 1 is 1.42 bits per heavy atom. The van der Waals surface area contributed by atoms with Crippen LogP contribution in [0.25, 0.3) is 0 Å². The van der Waals surface area contributed by atoms with Gasteiger partial charge in [0.05, 0.1) is 10.7 Å². The number of nitrogens with zero attached hydrogens (tertiary/aromatic N) is 1. The number of hydrogen-bond donors (Lipinski definition) is 2. The molecule has 1 aromatic heterocycles. The molecule has 0 spiro atoms. The molecule has 0 aromatic carbocycles. The van der Waals surface area contributed by atoms with Crippen LogP contribution in [0.15, 0.2) is 0 Å². The van der Waals surface area contributed by atoms with Gasteiger partial charge in [-0.3, -0.25) is 0 Å². The Morgan fingerprint density at radius 2 is 2.17 bits per heavy atom. The molecule has 0 aliphatic rings. The molecular weight excluding hydrogens is 170 g/mol. The van der Waals surface area contributed by atoms with Gasteiger partial charge in [-0.15, -0.1) is 11.3 Å². The van der Waals surface area contributed by atoms with Crippen LogP contribution in [-0.4, -0.2) is 11.5 Å². The maximum Gasteiger partial charge on any atom is 0.109 e. The largest absolute Gasteiger partial charge is 0.389 e. The average molecular weight is 185 g/mol. The minimum absolute atomic E-state index is 0.625. The van der Waals surface area contributed by atoms with Crippen molar-refractivity contribution in [3.05, 3.63) is 10.7 Å². The van der Waals surface area contributed by atoms with Gasteiger partial charge < -0.3 is 11.5 Å². The third kappa shape index (κ3) is 2.19. The first-order chi connectivity index (χ1) is 5.77. The Hall–Kier alpha value is -0.610. The highest BCUT2D eigenvalue weighted by atomic mass is 32.1. The molecule has 0 radical (unpaired) electrons. The Morgan fingerprint density at radius 3 is 2.75 bits per heavy atom. The fraction of sp³-hybridized carbons (Fsp3) is 0.625. The zero-order valence-electron chi connectivity index (χ0n) is 7.34. The van der Waals surface area contributed by atoms with Crippen molar-refractivity contribution in [1.29, 1.82) is 0 Å². The lowest BCUT2D eigenvalue weighted by atomic mass is 10.3. The summed E-state index contributed by atoms with van der Waals surface area (Å²) in [5, 5.41) is 1.97. The topological polar surface area (TPSA) is 64.9 Å². The van der Waals surface area contributed by atoms with Gasteiger partial charge >= 0.3 is 0 Å². The lowest BCUT2D eigenvalue weighted by molar-refractivity contribution is 0.877. The summed E-state index contributed by atoms with van der Waals surface area (Å²) in [4.78, 5) is 4.40. The van der Waals surface area contributed by atoms with E-state index in [2.05, 4.69) is 11.9 Å². The maximum absolute atomic E-state index is 5.76. The van der Waals surface area contributed by atoms with Crippen molar-refractivity contribution in [3.63, 3.8) is 0 Å². The van der Waals surface area contributed by atoms with Crippen LogP contribution < -0.4 is 11.5 Å². The molecule has 1 rings (SSSR count). The van der Waals surface area contributed by atoms with Gasteiger partial charge in [0.2, 0.25) is 0 Å². The number of rotatable bonds is 4. The van der Waals surface area contributed by atoms with Crippen LogP contribution in [0.3, 0.4) is 0 Å². The van der Waals surface area contributed by atoms with Crippen molar-refractivity contribution in [1.82, 2.24) is 4.98 Å². The Kier molecular flexibility index (Phi) is 3.49. The van der Waals surface area contributed by atoms with Gasteiger partial charge in [0.1, 0.15) is 5.00 Å². The first-order valence-electron chi connectivity index (χ1n) is 4.22. The molecule has 0 unspecified atom stereocenters. The van der Waals surface area contributed by atoms with E-state index in [1.807, 2.05) is 0 Å². The molecule has 0 saturated carbocycles. The lowest BCUT2D eigenvalue weighted by Crippen LogP contribution is -2.04. The molecule has 0 aliphatic heterocycles. The summed E-state index contributed by atoms with van der Waals surface area (Å²) in [5.41, 5.74) is 12.2. The minimum atomic E-state index is 0.625. The van der Waals surface area contributed by atoms with Crippen molar-refractivity contribution in [2.75, 3.05) is 12.3 Å². The number of thiazole rings is 1. The molecule has 0 bridgehead atoms. The zero-order valence-corrected chi connectivity index (χ0v) is 8.16. The van der Waals surface area contributed by atoms with Crippen LogP contribution in [0.1, 0.15) is 24.0 Å². The number of nitrogen functional groups attached to an aromatic ring is 1. The van der Waals surface area contributed by atoms with E-state index in [9.17, 15) is 0 Å². The molecule has 0 atom stereocenters. The first kappa shape index (κ1) is 9.48. The second-order valence-electron chi connectivity index (χ2n) is 2.71. The fourth-order valence-corrected chi connectivity index (χ4v) is 2.03. The molecule has 12 heavy (non-hydrogen) atoms. The maximum atomic E-state index is 5.76. The molecule has 4 heteroatoms. The summed E-state index contributed by atoms with van der Waals surface area (Å²) < 4.78 is 0. The van der Waals surface area contributed by atoms with Crippen molar-refractivity contribution < 1.29 is 0 Å². The third-order valence-corrected chi connectivity index (χ3v) is 2.60. The normalized spacial score (nSPS) is 10.5. The number of aryl methyl sites for hydroxylation is 1. The van der Waals surface area contributed by atoms with E-state index in [1.54, 1.807) is 11.3 Å². The number of hydrogen-bond acceptors (Lipinski definition) is 4. The number of nitrogens with two attached hydrogens (primary N) is 2. The second kappa shape index (κ2) is 4.42. The number of aromatic nitrogens is 1. The van der Waals surface area contributed by atoms with Gasteiger partial charge in [-0.05, 0) is 19.4 Å². The van der Waals surface area contributed by atoms with E-state index in [0.29, 0.717) is 6.54 Å². The monoisotopic (exact) mass is 185 g/mol. The van der Waals surface area contributed by atoms with Crippen molar-refractivity contribution in [2.45, 2.75) is 26.2 Å². The summed E-state index contributed by atoms with van der Waals surface area (Å²) in [7, 11) is 0. The van der Waals surface area contributed by atoms with E-state index < -0.39 is 0 Å². The molecule has 3 nitrogen and oxygen atoms in total. The van der Waals surface area contributed by atoms with E-state index in [0.717, 1.165) is 35.0 Å². The molecule has 4 N–H and O–H groups in total. The zero-order chi connectivity index (χ0) is 8.97. The predicted octanol–water partition coefficient (Wildman–Crippen LogP) is 1.18. The Labute approximate surface area is 76.8 Å². The molecule has 0 amide bonds. The van der Waals surface area contributed by atoms with Crippen LogP contribution in [0.2, 0.25) is 0 Å². The van der Waals surface area contributed by atoms with Crippen LogP contribution in [-0.2, 0) is 12.8 Å². The van der Waals surface area contributed by atoms with E-state index in [1.165, 1.54) is 0 Å².